The Kier molecular flexibility index (Phi) is 8.39. The Balaban J connectivity index is 1.44. The van der Waals surface area contributed by atoms with Gasteiger partial charge in [-0.25, -0.2) is 0 Å². The molecule has 2 heteroatoms. The van der Waals surface area contributed by atoms with Crippen molar-refractivity contribution in [1.29, 1.82) is 0 Å². The van der Waals surface area contributed by atoms with Crippen LogP contribution in [0.3, 0.4) is 0 Å². The Hall–Kier alpha value is -4.08. The van der Waals surface area contributed by atoms with Crippen molar-refractivity contribution >= 4 is 46.4 Å². The van der Waals surface area contributed by atoms with Gasteiger partial charge in [0.15, 0.2) is 0 Å². The summed E-state index contributed by atoms with van der Waals surface area (Å²) in [7, 11) is -4.00. The molecule has 7 rings (SSSR count). The third-order valence-electron chi connectivity index (χ3n) is 9.29. The third-order valence-corrected chi connectivity index (χ3v) is 18.8. The van der Waals surface area contributed by atoms with Crippen LogP contribution in [0.1, 0.15) is 12.8 Å². The van der Waals surface area contributed by atoms with Crippen molar-refractivity contribution in [3.8, 4) is 0 Å². The standard InChI is InChI=1S/C42H38P2/c1-7-19-35(20-8-1)43(36-21-9-2-10-22-36,37-23-11-3-12-24-37)41-31-33-42(34-32-41)44(38-25-13-4-14-26-38,39-27-15-5-16-28-39)40-29-17-6-18-30-40/h1-31,33,41-42H,32,34H2/q+2. The molecule has 0 aliphatic heterocycles. The van der Waals surface area contributed by atoms with Crippen LogP contribution in [0.2, 0.25) is 0 Å². The van der Waals surface area contributed by atoms with E-state index in [0.717, 1.165) is 12.8 Å². The molecule has 1 aliphatic carbocycles. The minimum absolute atomic E-state index is 0.412. The molecule has 2 atom stereocenters. The summed E-state index contributed by atoms with van der Waals surface area (Å²) in [4.78, 5) is 0. The summed E-state index contributed by atoms with van der Waals surface area (Å²) in [6.07, 6.45) is 7.56. The summed E-state index contributed by atoms with van der Waals surface area (Å²) in [5.41, 5.74) is 0.824. The molecule has 0 amide bonds. The highest BCUT2D eigenvalue weighted by Crippen LogP contribution is 2.66. The van der Waals surface area contributed by atoms with E-state index in [2.05, 4.69) is 194 Å². The monoisotopic (exact) mass is 604 g/mol. The van der Waals surface area contributed by atoms with Gasteiger partial charge in [0.25, 0.3) is 0 Å². The summed E-state index contributed by atoms with van der Waals surface area (Å²) in [6.45, 7) is 0. The molecule has 44 heavy (non-hydrogen) atoms. The van der Waals surface area contributed by atoms with E-state index in [1.165, 1.54) is 31.8 Å². The van der Waals surface area contributed by atoms with Gasteiger partial charge < -0.3 is 0 Å². The summed E-state index contributed by atoms with van der Waals surface area (Å²) < 4.78 is 0. The maximum Gasteiger partial charge on any atom is 0.118 e. The second kappa shape index (κ2) is 12.9. The van der Waals surface area contributed by atoms with Crippen molar-refractivity contribution in [2.24, 2.45) is 0 Å². The van der Waals surface area contributed by atoms with Crippen LogP contribution < -0.4 is 31.8 Å². The molecule has 0 spiro atoms. The van der Waals surface area contributed by atoms with E-state index in [1.807, 2.05) is 0 Å². The van der Waals surface area contributed by atoms with Crippen LogP contribution >= 0.6 is 14.5 Å². The molecule has 6 aromatic carbocycles. The van der Waals surface area contributed by atoms with Crippen molar-refractivity contribution in [1.82, 2.24) is 0 Å². The average molecular weight is 605 g/mol. The Labute approximate surface area is 263 Å². The van der Waals surface area contributed by atoms with Gasteiger partial charge in [-0.2, -0.15) is 0 Å². The van der Waals surface area contributed by atoms with Crippen LogP contribution in [0, 0.1) is 0 Å². The molecule has 0 saturated carbocycles. The maximum atomic E-state index is 2.64. The van der Waals surface area contributed by atoms with Crippen LogP contribution in [0.15, 0.2) is 194 Å². The summed E-state index contributed by atoms with van der Waals surface area (Å²) in [5, 5.41) is 8.75. The first-order chi connectivity index (χ1) is 21.8. The van der Waals surface area contributed by atoms with Crippen LogP contribution in [-0.2, 0) is 0 Å². The highest BCUT2D eigenvalue weighted by atomic mass is 31.2. The molecule has 0 saturated heterocycles. The fourth-order valence-electron chi connectivity index (χ4n) is 7.46. The third kappa shape index (κ3) is 4.98. The van der Waals surface area contributed by atoms with E-state index in [4.69, 9.17) is 0 Å². The van der Waals surface area contributed by atoms with E-state index in [0.29, 0.717) is 11.3 Å². The van der Waals surface area contributed by atoms with Gasteiger partial charge in [-0.1, -0.05) is 109 Å². The summed E-state index contributed by atoms with van der Waals surface area (Å²) >= 11 is 0. The summed E-state index contributed by atoms with van der Waals surface area (Å²) in [5.74, 6) is 0. The second-order valence-electron chi connectivity index (χ2n) is 11.6. The molecule has 0 heterocycles. The first-order valence-electron chi connectivity index (χ1n) is 15.6. The first kappa shape index (κ1) is 28.7. The molecule has 0 fully saturated rings. The largest absolute Gasteiger partial charge is 0.118 e. The molecule has 6 aromatic rings. The molecule has 2 unspecified atom stereocenters. The van der Waals surface area contributed by atoms with Crippen molar-refractivity contribution in [3.05, 3.63) is 194 Å². The van der Waals surface area contributed by atoms with Crippen molar-refractivity contribution in [3.63, 3.8) is 0 Å². The molecular formula is C42H38P2+2. The van der Waals surface area contributed by atoms with Gasteiger partial charge in [-0.05, 0) is 97.8 Å². The Morgan fingerprint density at radius 3 is 0.614 bits per heavy atom. The van der Waals surface area contributed by atoms with Gasteiger partial charge in [-0.3, -0.25) is 0 Å². The fourth-order valence-corrected chi connectivity index (χ4v) is 17.2. The zero-order valence-corrected chi connectivity index (χ0v) is 26.7. The van der Waals surface area contributed by atoms with E-state index in [-0.39, 0.29) is 0 Å². The lowest BCUT2D eigenvalue weighted by Crippen LogP contribution is -2.42. The zero-order chi connectivity index (χ0) is 29.7. The molecule has 214 valence electrons. The highest BCUT2D eigenvalue weighted by molar-refractivity contribution is 7.97. The van der Waals surface area contributed by atoms with Crippen LogP contribution in [0.4, 0.5) is 0 Å². The predicted octanol–water partition coefficient (Wildman–Crippen LogP) is 8.06. The van der Waals surface area contributed by atoms with Gasteiger partial charge in [0.1, 0.15) is 57.7 Å². The fraction of sp³-hybridized carbons (Fsp3) is 0.0952. The molecule has 1 aliphatic rings. The SMILES string of the molecule is C1=CC([P+](c2ccccc2)(c2ccccc2)c2ccccc2)CCC1[P+](c1ccccc1)(c1ccccc1)c1ccccc1. The van der Waals surface area contributed by atoms with Crippen molar-refractivity contribution in [2.75, 3.05) is 0 Å². The second-order valence-corrected chi connectivity index (χ2v) is 18.9. The topological polar surface area (TPSA) is 0 Å². The molecule has 0 aromatic heterocycles. The van der Waals surface area contributed by atoms with E-state index < -0.39 is 14.5 Å². The van der Waals surface area contributed by atoms with Gasteiger partial charge in [0, 0.05) is 0 Å². The molecular weight excluding hydrogens is 566 g/mol. The Bertz CT molecular complexity index is 1460. The maximum absolute atomic E-state index is 2.64. The van der Waals surface area contributed by atoms with Crippen molar-refractivity contribution in [2.45, 2.75) is 24.2 Å². The Morgan fingerprint density at radius 1 is 0.273 bits per heavy atom. The van der Waals surface area contributed by atoms with Crippen LogP contribution in [0.5, 0.6) is 0 Å². The van der Waals surface area contributed by atoms with Gasteiger partial charge in [0.2, 0.25) is 0 Å². The Morgan fingerprint density at radius 2 is 0.455 bits per heavy atom. The van der Waals surface area contributed by atoms with Crippen molar-refractivity contribution < 1.29 is 0 Å². The van der Waals surface area contributed by atoms with E-state index in [9.17, 15) is 0 Å². The normalized spacial score (nSPS) is 16.8. The van der Waals surface area contributed by atoms with Gasteiger partial charge >= 0.3 is 0 Å². The van der Waals surface area contributed by atoms with Gasteiger partial charge in [0.05, 0.1) is 0 Å². The minimum Gasteiger partial charge on any atom is -0.0620 e. The quantitative estimate of drug-likeness (QED) is 0.122. The van der Waals surface area contributed by atoms with E-state index >= 15 is 0 Å². The molecule has 0 radical (unpaired) electrons. The number of allylic oxidation sites excluding steroid dienone is 2. The molecule has 0 N–H and O–H groups in total. The van der Waals surface area contributed by atoms with Crippen LogP contribution in [-0.4, -0.2) is 11.3 Å². The lowest BCUT2D eigenvalue weighted by molar-refractivity contribution is 0.741. The van der Waals surface area contributed by atoms with Crippen LogP contribution in [0.25, 0.3) is 0 Å². The van der Waals surface area contributed by atoms with Gasteiger partial charge in [-0.15, -0.1) is 0 Å². The average Bonchev–Trinajstić information content (AvgIpc) is 3.12. The van der Waals surface area contributed by atoms with E-state index in [1.54, 1.807) is 0 Å². The lowest BCUT2D eigenvalue weighted by atomic mass is 10.1. The first-order valence-corrected chi connectivity index (χ1v) is 19.4. The minimum atomic E-state index is -2.00. The molecule has 0 bridgehead atoms. The summed E-state index contributed by atoms with van der Waals surface area (Å²) in [6, 6.07) is 68.1. The number of hydrogen-bond donors (Lipinski definition) is 0. The highest BCUT2D eigenvalue weighted by Gasteiger charge is 2.56. The zero-order valence-electron chi connectivity index (χ0n) is 24.9. The number of hydrogen-bond acceptors (Lipinski definition) is 0. The molecule has 0 nitrogen and oxygen atoms in total. The lowest BCUT2D eigenvalue weighted by Gasteiger charge is -2.39. The number of rotatable bonds is 8. The predicted molar refractivity (Wildman–Crippen MR) is 196 cm³/mol. The smallest absolute Gasteiger partial charge is 0.0620 e. The number of benzene rings is 6.